The van der Waals surface area contributed by atoms with Crippen LogP contribution in [0, 0.1) is 0 Å². The van der Waals surface area contributed by atoms with Gasteiger partial charge in [-0.25, -0.2) is 4.98 Å². The van der Waals surface area contributed by atoms with Gasteiger partial charge in [0.15, 0.2) is 0 Å². The first-order valence-corrected chi connectivity index (χ1v) is 7.43. The summed E-state index contributed by atoms with van der Waals surface area (Å²) < 4.78 is 41.5. The van der Waals surface area contributed by atoms with Crippen molar-refractivity contribution in [1.82, 2.24) is 9.36 Å². The summed E-state index contributed by atoms with van der Waals surface area (Å²) in [6, 6.07) is 0.194. The Labute approximate surface area is 115 Å². The number of nitrogens with zero attached hydrogens (tertiary/aromatic N) is 3. The van der Waals surface area contributed by atoms with E-state index in [1.165, 1.54) is 11.5 Å². The molecule has 7 heteroatoms. The molecule has 1 saturated carbocycles. The van der Waals surface area contributed by atoms with Crippen LogP contribution in [-0.2, 0) is 6.42 Å². The Morgan fingerprint density at radius 3 is 2.53 bits per heavy atom. The molecular weight excluding hydrogens is 275 g/mol. The van der Waals surface area contributed by atoms with Crippen molar-refractivity contribution in [2.75, 3.05) is 11.4 Å². The van der Waals surface area contributed by atoms with Crippen LogP contribution in [0.4, 0.5) is 18.3 Å². The summed E-state index contributed by atoms with van der Waals surface area (Å²) in [5, 5.41) is 0.646. The molecule has 0 unspecified atom stereocenters. The van der Waals surface area contributed by atoms with Gasteiger partial charge in [0.1, 0.15) is 5.82 Å². The molecule has 0 aromatic carbocycles. The molecule has 3 nitrogen and oxygen atoms in total. The van der Waals surface area contributed by atoms with Gasteiger partial charge in [-0.15, -0.1) is 0 Å². The summed E-state index contributed by atoms with van der Waals surface area (Å²) >= 11 is 1.22. The van der Waals surface area contributed by atoms with E-state index in [2.05, 4.69) is 9.36 Å². The molecule has 1 aliphatic carbocycles. The highest BCUT2D eigenvalue weighted by Crippen LogP contribution is 2.31. The van der Waals surface area contributed by atoms with Crippen LogP contribution in [-0.4, -0.2) is 28.1 Å². The molecule has 1 fully saturated rings. The molecule has 0 saturated heterocycles. The van der Waals surface area contributed by atoms with E-state index in [-0.39, 0.29) is 12.6 Å². The van der Waals surface area contributed by atoms with Gasteiger partial charge in [-0.1, -0.05) is 19.8 Å². The van der Waals surface area contributed by atoms with Crippen molar-refractivity contribution >= 4 is 16.7 Å². The highest BCUT2D eigenvalue weighted by atomic mass is 32.1. The van der Waals surface area contributed by atoms with Crippen LogP contribution < -0.4 is 4.90 Å². The second-order valence-corrected chi connectivity index (χ2v) is 5.57. The summed E-state index contributed by atoms with van der Waals surface area (Å²) in [4.78, 5) is 6.16. The first kappa shape index (κ1) is 14.6. The minimum atomic E-state index is -4.12. The van der Waals surface area contributed by atoms with Crippen LogP contribution in [0.25, 0.3) is 0 Å². The predicted molar refractivity (Wildman–Crippen MR) is 69.6 cm³/mol. The summed E-state index contributed by atoms with van der Waals surface area (Å²) in [6.45, 7) is 1.94. The van der Waals surface area contributed by atoms with Gasteiger partial charge in [-0.2, -0.15) is 17.5 Å². The molecular formula is C12H18F3N3S. The van der Waals surface area contributed by atoms with Crippen LogP contribution in [0.1, 0.15) is 44.9 Å². The third-order valence-corrected chi connectivity index (χ3v) is 4.21. The third kappa shape index (κ3) is 4.06. The lowest BCUT2D eigenvalue weighted by Gasteiger charge is -2.28. The van der Waals surface area contributed by atoms with Gasteiger partial charge in [0.2, 0.25) is 5.13 Å². The van der Waals surface area contributed by atoms with Crippen molar-refractivity contribution in [3.8, 4) is 0 Å². The smallest absolute Gasteiger partial charge is 0.344 e. The minimum Gasteiger partial charge on any atom is -0.344 e. The van der Waals surface area contributed by atoms with Crippen LogP contribution >= 0.6 is 11.5 Å². The zero-order chi connectivity index (χ0) is 13.9. The monoisotopic (exact) mass is 293 g/mol. The third-order valence-electron chi connectivity index (χ3n) is 3.42. The van der Waals surface area contributed by atoms with Crippen LogP contribution in [0.15, 0.2) is 0 Å². The molecule has 0 bridgehead atoms. The Bertz CT molecular complexity index is 399. The lowest BCUT2D eigenvalue weighted by Crippen LogP contribution is -2.36. The van der Waals surface area contributed by atoms with Gasteiger partial charge >= 0.3 is 6.18 Å². The van der Waals surface area contributed by atoms with Gasteiger partial charge in [0.05, 0.1) is 6.42 Å². The number of rotatable bonds is 5. The summed E-state index contributed by atoms with van der Waals surface area (Å²) in [7, 11) is 0. The Hall–Kier alpha value is -0.850. The van der Waals surface area contributed by atoms with E-state index in [0.717, 1.165) is 31.5 Å². The Kier molecular flexibility index (Phi) is 4.65. The first-order chi connectivity index (χ1) is 8.99. The Morgan fingerprint density at radius 2 is 2.00 bits per heavy atom. The molecule has 0 atom stereocenters. The normalized spacial score (nSPS) is 17.1. The lowest BCUT2D eigenvalue weighted by atomic mass is 10.2. The second-order valence-electron chi connectivity index (χ2n) is 4.84. The van der Waals surface area contributed by atoms with Crippen LogP contribution in [0.3, 0.4) is 0 Å². The molecule has 0 amide bonds. The zero-order valence-corrected chi connectivity index (χ0v) is 11.7. The van der Waals surface area contributed by atoms with Gasteiger partial charge < -0.3 is 4.90 Å². The van der Waals surface area contributed by atoms with Crippen molar-refractivity contribution in [2.45, 2.75) is 57.7 Å². The van der Waals surface area contributed by atoms with E-state index < -0.39 is 12.6 Å². The maximum absolute atomic E-state index is 12.4. The van der Waals surface area contributed by atoms with Crippen molar-refractivity contribution in [2.24, 2.45) is 0 Å². The molecule has 1 heterocycles. The highest BCUT2D eigenvalue weighted by Gasteiger charge is 2.32. The van der Waals surface area contributed by atoms with Crippen LogP contribution in [0.5, 0.6) is 0 Å². The Morgan fingerprint density at radius 1 is 1.32 bits per heavy atom. The number of anilines is 1. The molecule has 0 aliphatic heterocycles. The summed E-state index contributed by atoms with van der Waals surface area (Å²) in [5.74, 6) is 0.718. The summed E-state index contributed by atoms with van der Waals surface area (Å²) in [6.07, 6.45) is -0.0923. The van der Waals surface area contributed by atoms with Crippen molar-refractivity contribution in [3.05, 3.63) is 5.82 Å². The maximum atomic E-state index is 12.4. The maximum Gasteiger partial charge on any atom is 0.390 e. The SMILES string of the molecule is CCc1nsc(N(CCC(F)(F)F)C2CCCC2)n1. The molecule has 2 rings (SSSR count). The van der Waals surface area contributed by atoms with E-state index in [9.17, 15) is 13.2 Å². The lowest BCUT2D eigenvalue weighted by molar-refractivity contribution is -0.132. The predicted octanol–water partition coefficient (Wildman–Crippen LogP) is 3.80. The number of alkyl halides is 3. The number of aromatic nitrogens is 2. The van der Waals surface area contributed by atoms with Gasteiger partial charge in [-0.05, 0) is 12.8 Å². The number of halogens is 3. The fourth-order valence-electron chi connectivity index (χ4n) is 2.40. The summed E-state index contributed by atoms with van der Waals surface area (Å²) in [5.41, 5.74) is 0. The van der Waals surface area contributed by atoms with Gasteiger partial charge in [0, 0.05) is 30.5 Å². The van der Waals surface area contributed by atoms with Gasteiger partial charge in [0.25, 0.3) is 0 Å². The fourth-order valence-corrected chi connectivity index (χ4v) is 3.25. The zero-order valence-electron chi connectivity index (χ0n) is 10.9. The van der Waals surface area contributed by atoms with E-state index in [4.69, 9.17) is 0 Å². The standard InChI is InChI=1S/C12H18F3N3S/c1-2-10-16-11(19-17-10)18(8-7-12(13,14)15)9-5-3-4-6-9/h9H,2-8H2,1H3. The van der Waals surface area contributed by atoms with Crippen molar-refractivity contribution in [3.63, 3.8) is 0 Å². The molecule has 0 spiro atoms. The second kappa shape index (κ2) is 6.07. The van der Waals surface area contributed by atoms with E-state index in [1.807, 2.05) is 11.8 Å². The molecule has 1 aromatic heterocycles. The quantitative estimate of drug-likeness (QED) is 0.827. The van der Waals surface area contributed by atoms with Crippen LogP contribution in [0.2, 0.25) is 0 Å². The molecule has 0 radical (unpaired) electrons. The highest BCUT2D eigenvalue weighted by molar-refractivity contribution is 7.09. The van der Waals surface area contributed by atoms with E-state index in [0.29, 0.717) is 11.6 Å². The van der Waals surface area contributed by atoms with Crippen molar-refractivity contribution < 1.29 is 13.2 Å². The Balaban J connectivity index is 2.08. The topological polar surface area (TPSA) is 29.0 Å². The number of hydrogen-bond donors (Lipinski definition) is 0. The fraction of sp³-hybridized carbons (Fsp3) is 0.833. The molecule has 1 aliphatic rings. The largest absolute Gasteiger partial charge is 0.390 e. The number of hydrogen-bond acceptors (Lipinski definition) is 4. The molecule has 0 N–H and O–H groups in total. The molecule has 1 aromatic rings. The van der Waals surface area contributed by atoms with E-state index >= 15 is 0 Å². The molecule has 108 valence electrons. The first-order valence-electron chi connectivity index (χ1n) is 6.65. The number of aryl methyl sites for hydroxylation is 1. The molecule has 19 heavy (non-hydrogen) atoms. The average molecular weight is 293 g/mol. The van der Waals surface area contributed by atoms with Gasteiger partial charge in [-0.3, -0.25) is 0 Å². The average Bonchev–Trinajstić information content (AvgIpc) is 2.98. The van der Waals surface area contributed by atoms with E-state index in [1.54, 1.807) is 0 Å². The minimum absolute atomic E-state index is 0.00743. The van der Waals surface area contributed by atoms with Crippen molar-refractivity contribution in [1.29, 1.82) is 0 Å².